The molecule has 0 radical (unpaired) electrons. The smallest absolute Gasteiger partial charge is 0.129 e. The highest BCUT2D eigenvalue weighted by molar-refractivity contribution is 7.99. The predicted octanol–water partition coefficient (Wildman–Crippen LogP) is 3.26. The van der Waals surface area contributed by atoms with Gasteiger partial charge in [0.05, 0.1) is 22.4 Å². The molecule has 1 N–H and O–H groups in total. The van der Waals surface area contributed by atoms with Crippen LogP contribution < -0.4 is 5.32 Å². The second-order valence-corrected chi connectivity index (χ2v) is 5.84. The van der Waals surface area contributed by atoms with Crippen molar-refractivity contribution in [1.82, 2.24) is 8.75 Å². The molecule has 1 aliphatic rings. The number of anilines is 1. The van der Waals surface area contributed by atoms with E-state index in [4.69, 9.17) is 11.6 Å². The largest absolute Gasteiger partial charge is 0.378 e. The minimum Gasteiger partial charge on any atom is -0.378 e. The lowest BCUT2D eigenvalue weighted by atomic mass is 10.2. The van der Waals surface area contributed by atoms with E-state index in [0.717, 1.165) is 27.5 Å². The van der Waals surface area contributed by atoms with Gasteiger partial charge in [0.1, 0.15) is 11.0 Å². The Bertz CT molecular complexity index is 508. The van der Waals surface area contributed by atoms with Crippen molar-refractivity contribution in [2.75, 3.05) is 16.8 Å². The van der Waals surface area contributed by atoms with E-state index in [0.29, 0.717) is 6.04 Å². The molecule has 16 heavy (non-hydrogen) atoms. The van der Waals surface area contributed by atoms with Gasteiger partial charge in [0, 0.05) is 11.8 Å². The van der Waals surface area contributed by atoms with Crippen LogP contribution in [0.4, 0.5) is 5.69 Å². The van der Waals surface area contributed by atoms with Gasteiger partial charge in [-0.2, -0.15) is 20.5 Å². The Morgan fingerprint density at radius 2 is 2.31 bits per heavy atom. The van der Waals surface area contributed by atoms with E-state index in [1.165, 1.54) is 23.9 Å². The van der Waals surface area contributed by atoms with Crippen molar-refractivity contribution < 1.29 is 0 Å². The minimum absolute atomic E-state index is 0.509. The van der Waals surface area contributed by atoms with Crippen LogP contribution in [0.2, 0.25) is 5.02 Å². The highest BCUT2D eigenvalue weighted by atomic mass is 35.5. The summed E-state index contributed by atoms with van der Waals surface area (Å²) in [5, 5.41) is 4.22. The van der Waals surface area contributed by atoms with E-state index >= 15 is 0 Å². The summed E-state index contributed by atoms with van der Waals surface area (Å²) in [6, 6.07) is 4.31. The molecule has 6 heteroatoms. The zero-order chi connectivity index (χ0) is 11.0. The Balaban J connectivity index is 1.99. The van der Waals surface area contributed by atoms with Crippen LogP contribution in [-0.2, 0) is 0 Å². The first-order valence-corrected chi connectivity index (χ1v) is 7.36. The van der Waals surface area contributed by atoms with Crippen molar-refractivity contribution in [3.63, 3.8) is 0 Å². The lowest BCUT2D eigenvalue weighted by Crippen LogP contribution is -2.18. The van der Waals surface area contributed by atoms with Crippen LogP contribution in [0.1, 0.15) is 6.42 Å². The number of hydrogen-bond donors (Lipinski definition) is 1. The molecular weight excluding hydrogens is 262 g/mol. The highest BCUT2D eigenvalue weighted by Gasteiger charge is 2.18. The van der Waals surface area contributed by atoms with Gasteiger partial charge in [-0.25, -0.2) is 0 Å². The summed E-state index contributed by atoms with van der Waals surface area (Å²) in [5.41, 5.74) is 2.76. The van der Waals surface area contributed by atoms with E-state index < -0.39 is 0 Å². The van der Waals surface area contributed by atoms with E-state index in [2.05, 4.69) is 14.1 Å². The predicted molar refractivity (Wildman–Crippen MR) is 71.8 cm³/mol. The maximum atomic E-state index is 6.21. The van der Waals surface area contributed by atoms with Crippen LogP contribution in [0.15, 0.2) is 12.1 Å². The number of benzene rings is 1. The lowest BCUT2D eigenvalue weighted by molar-refractivity contribution is 0.814. The van der Waals surface area contributed by atoms with Crippen LogP contribution >= 0.6 is 35.1 Å². The minimum atomic E-state index is 0.509. The molecule has 1 fully saturated rings. The first-order chi connectivity index (χ1) is 7.84. The standard InChI is InChI=1S/C10H10ClN3S2/c11-7-1-2-8-10(14-16-13-8)9(7)12-6-3-4-15-5-6/h1-2,6,12H,3-5H2. The quantitative estimate of drug-likeness (QED) is 0.910. The van der Waals surface area contributed by atoms with E-state index in [-0.39, 0.29) is 0 Å². The number of thioether (sulfide) groups is 1. The fourth-order valence-electron chi connectivity index (χ4n) is 1.82. The van der Waals surface area contributed by atoms with E-state index in [9.17, 15) is 0 Å². The normalized spacial score (nSPS) is 20.4. The molecular formula is C10H10ClN3S2. The monoisotopic (exact) mass is 271 g/mol. The Kier molecular flexibility index (Phi) is 2.91. The number of fused-ring (bicyclic) bond motifs is 1. The molecule has 0 bridgehead atoms. The SMILES string of the molecule is Clc1ccc2nsnc2c1NC1CCSC1. The van der Waals surface area contributed by atoms with Gasteiger partial charge in [0.15, 0.2) is 0 Å². The van der Waals surface area contributed by atoms with Crippen LogP contribution in [0.25, 0.3) is 11.0 Å². The van der Waals surface area contributed by atoms with Gasteiger partial charge in [-0.3, -0.25) is 0 Å². The first kappa shape index (κ1) is 10.6. The van der Waals surface area contributed by atoms with E-state index in [1.54, 1.807) is 0 Å². The maximum Gasteiger partial charge on any atom is 0.129 e. The molecule has 0 spiro atoms. The fourth-order valence-corrected chi connectivity index (χ4v) is 3.72. The van der Waals surface area contributed by atoms with Gasteiger partial charge in [0.2, 0.25) is 0 Å². The molecule has 1 unspecified atom stereocenters. The summed E-state index contributed by atoms with van der Waals surface area (Å²) >= 11 is 9.41. The Morgan fingerprint density at radius 3 is 3.12 bits per heavy atom. The molecule has 3 nitrogen and oxygen atoms in total. The Labute approximate surface area is 107 Å². The zero-order valence-corrected chi connectivity index (χ0v) is 10.8. The number of hydrogen-bond acceptors (Lipinski definition) is 5. The van der Waals surface area contributed by atoms with Crippen LogP contribution in [0, 0.1) is 0 Å². The van der Waals surface area contributed by atoms with Crippen molar-refractivity contribution in [3.8, 4) is 0 Å². The summed E-state index contributed by atoms with van der Waals surface area (Å²) in [6.07, 6.45) is 1.19. The molecule has 2 heterocycles. The summed E-state index contributed by atoms with van der Waals surface area (Å²) in [6.45, 7) is 0. The van der Waals surface area contributed by atoms with Gasteiger partial charge in [-0.05, 0) is 24.3 Å². The number of rotatable bonds is 2. The van der Waals surface area contributed by atoms with Gasteiger partial charge < -0.3 is 5.32 Å². The highest BCUT2D eigenvalue weighted by Crippen LogP contribution is 2.32. The number of nitrogens with zero attached hydrogens (tertiary/aromatic N) is 2. The molecule has 0 amide bonds. The van der Waals surface area contributed by atoms with Gasteiger partial charge in [0.25, 0.3) is 0 Å². The molecule has 1 aromatic heterocycles. The van der Waals surface area contributed by atoms with Crippen molar-refractivity contribution in [1.29, 1.82) is 0 Å². The lowest BCUT2D eigenvalue weighted by Gasteiger charge is -2.14. The molecule has 0 saturated carbocycles. The first-order valence-electron chi connectivity index (χ1n) is 5.09. The number of halogens is 1. The summed E-state index contributed by atoms with van der Waals surface area (Å²) < 4.78 is 8.52. The average molecular weight is 272 g/mol. The molecule has 1 saturated heterocycles. The second kappa shape index (κ2) is 4.39. The Hall–Kier alpha value is -0.520. The third-order valence-electron chi connectivity index (χ3n) is 2.66. The fraction of sp³-hybridized carbons (Fsp3) is 0.400. The van der Waals surface area contributed by atoms with Crippen molar-refractivity contribution in [2.24, 2.45) is 0 Å². The zero-order valence-electron chi connectivity index (χ0n) is 8.44. The van der Waals surface area contributed by atoms with Crippen LogP contribution in [0.3, 0.4) is 0 Å². The number of aromatic nitrogens is 2. The topological polar surface area (TPSA) is 37.8 Å². The second-order valence-electron chi connectivity index (χ2n) is 3.76. The molecule has 3 rings (SSSR count). The number of nitrogens with one attached hydrogen (secondary N) is 1. The molecule has 0 aliphatic carbocycles. The third kappa shape index (κ3) is 1.87. The van der Waals surface area contributed by atoms with Crippen LogP contribution in [-0.4, -0.2) is 26.3 Å². The van der Waals surface area contributed by atoms with Gasteiger partial charge in [-0.1, -0.05) is 11.6 Å². The van der Waals surface area contributed by atoms with Crippen molar-refractivity contribution in [2.45, 2.75) is 12.5 Å². The summed E-state index contributed by atoms with van der Waals surface area (Å²) in [4.78, 5) is 0. The van der Waals surface area contributed by atoms with Gasteiger partial charge in [-0.15, -0.1) is 0 Å². The average Bonchev–Trinajstić information content (AvgIpc) is 2.92. The van der Waals surface area contributed by atoms with Crippen LogP contribution in [0.5, 0.6) is 0 Å². The Morgan fingerprint density at radius 1 is 1.38 bits per heavy atom. The molecule has 84 valence electrons. The maximum absolute atomic E-state index is 6.21. The summed E-state index contributed by atoms with van der Waals surface area (Å²) in [7, 11) is 0. The van der Waals surface area contributed by atoms with Gasteiger partial charge >= 0.3 is 0 Å². The molecule has 1 aliphatic heterocycles. The molecule has 1 atom stereocenters. The molecule has 1 aromatic carbocycles. The van der Waals surface area contributed by atoms with E-state index in [1.807, 2.05) is 23.9 Å². The summed E-state index contributed by atoms with van der Waals surface area (Å²) in [5.74, 6) is 2.37. The van der Waals surface area contributed by atoms with Crippen molar-refractivity contribution >= 4 is 51.8 Å². The third-order valence-corrected chi connectivity index (χ3v) is 4.68. The molecule has 2 aromatic rings. The van der Waals surface area contributed by atoms with Crippen molar-refractivity contribution in [3.05, 3.63) is 17.2 Å².